The summed E-state index contributed by atoms with van der Waals surface area (Å²) < 4.78 is 0. The molecule has 0 aromatic heterocycles. The number of nitrogens with one attached hydrogen (secondary N) is 1. The second kappa shape index (κ2) is 6.38. The lowest BCUT2D eigenvalue weighted by Gasteiger charge is -2.21. The Morgan fingerprint density at radius 3 is 2.07 bits per heavy atom. The maximum absolute atomic E-state index is 3.60. The lowest BCUT2D eigenvalue weighted by Crippen LogP contribution is -2.14. The Kier molecular flexibility index (Phi) is 3.84. The van der Waals surface area contributed by atoms with E-state index in [2.05, 4.69) is 116 Å². The molecule has 28 heavy (non-hydrogen) atoms. The van der Waals surface area contributed by atoms with Crippen LogP contribution in [0.5, 0.6) is 0 Å². The van der Waals surface area contributed by atoms with Gasteiger partial charge in [-0.1, -0.05) is 86.6 Å². The number of benzene rings is 4. The van der Waals surface area contributed by atoms with Crippen LogP contribution in [0.4, 0.5) is 11.4 Å². The summed E-state index contributed by atoms with van der Waals surface area (Å²) in [6.45, 7) is 4.63. The van der Waals surface area contributed by atoms with E-state index in [1.54, 1.807) is 0 Å². The van der Waals surface area contributed by atoms with Crippen molar-refractivity contribution >= 4 is 11.4 Å². The first-order valence-electron chi connectivity index (χ1n) is 9.80. The van der Waals surface area contributed by atoms with Crippen LogP contribution in [0.25, 0.3) is 22.3 Å². The Balaban J connectivity index is 1.51. The summed E-state index contributed by atoms with van der Waals surface area (Å²) in [6, 6.07) is 34.6. The van der Waals surface area contributed by atoms with Crippen LogP contribution in [-0.2, 0) is 5.41 Å². The van der Waals surface area contributed by atoms with E-state index >= 15 is 0 Å². The molecular formula is C27H23N. The minimum Gasteiger partial charge on any atom is -0.355 e. The first-order chi connectivity index (χ1) is 13.6. The average Bonchev–Trinajstić information content (AvgIpc) is 2.96. The van der Waals surface area contributed by atoms with Gasteiger partial charge in [0.2, 0.25) is 0 Å². The van der Waals surface area contributed by atoms with Crippen molar-refractivity contribution < 1.29 is 0 Å². The molecule has 5 rings (SSSR count). The summed E-state index contributed by atoms with van der Waals surface area (Å²) >= 11 is 0. The highest BCUT2D eigenvalue weighted by atomic mass is 14.9. The maximum atomic E-state index is 3.60. The van der Waals surface area contributed by atoms with E-state index in [1.807, 2.05) is 0 Å². The average molecular weight is 361 g/mol. The van der Waals surface area contributed by atoms with Gasteiger partial charge in [0.1, 0.15) is 0 Å². The molecule has 1 nitrogen and oxygen atoms in total. The van der Waals surface area contributed by atoms with E-state index in [4.69, 9.17) is 0 Å². The maximum Gasteiger partial charge on any atom is 0.0390 e. The zero-order valence-corrected chi connectivity index (χ0v) is 16.2. The van der Waals surface area contributed by atoms with Gasteiger partial charge in [-0.25, -0.2) is 0 Å². The van der Waals surface area contributed by atoms with Gasteiger partial charge in [0, 0.05) is 16.8 Å². The molecule has 0 unspecified atom stereocenters. The quantitative estimate of drug-likeness (QED) is 0.401. The number of fused-ring (bicyclic) bond motifs is 3. The van der Waals surface area contributed by atoms with Crippen molar-refractivity contribution in [2.45, 2.75) is 19.3 Å². The Hall–Kier alpha value is -3.32. The summed E-state index contributed by atoms with van der Waals surface area (Å²) in [5.41, 5.74) is 10.2. The molecule has 0 heterocycles. The zero-order valence-electron chi connectivity index (χ0n) is 16.2. The fourth-order valence-electron chi connectivity index (χ4n) is 4.37. The smallest absolute Gasteiger partial charge is 0.0390 e. The summed E-state index contributed by atoms with van der Waals surface area (Å²) in [5, 5.41) is 3.60. The molecule has 1 aliphatic carbocycles. The van der Waals surface area contributed by atoms with Crippen LogP contribution in [-0.4, -0.2) is 0 Å². The predicted molar refractivity (Wildman–Crippen MR) is 119 cm³/mol. The van der Waals surface area contributed by atoms with Gasteiger partial charge in [0.05, 0.1) is 0 Å². The molecule has 0 radical (unpaired) electrons. The standard InChI is InChI=1S/C27H23N/c1-27(2)25-14-7-6-13-23(25)24-18-22(15-16-26(24)27)28-21-12-8-11-20(17-21)19-9-4-3-5-10-19/h3-18,28H,1-2H3. The van der Waals surface area contributed by atoms with E-state index in [-0.39, 0.29) is 5.41 Å². The number of hydrogen-bond acceptors (Lipinski definition) is 1. The third-order valence-corrected chi connectivity index (χ3v) is 5.84. The minimum atomic E-state index is 0.0533. The molecule has 0 fully saturated rings. The molecule has 4 aromatic rings. The molecule has 0 bridgehead atoms. The van der Waals surface area contributed by atoms with Crippen molar-refractivity contribution in [1.29, 1.82) is 0 Å². The van der Waals surface area contributed by atoms with Gasteiger partial charge < -0.3 is 5.32 Å². The Morgan fingerprint density at radius 2 is 1.21 bits per heavy atom. The van der Waals surface area contributed by atoms with E-state index in [0.29, 0.717) is 0 Å². The number of rotatable bonds is 3. The molecule has 0 amide bonds. The normalized spacial score (nSPS) is 13.6. The van der Waals surface area contributed by atoms with Crippen molar-refractivity contribution in [3.8, 4) is 22.3 Å². The fraction of sp³-hybridized carbons (Fsp3) is 0.111. The second-order valence-electron chi connectivity index (χ2n) is 8.00. The van der Waals surface area contributed by atoms with Crippen molar-refractivity contribution in [2.24, 2.45) is 0 Å². The Bertz CT molecular complexity index is 1160. The van der Waals surface area contributed by atoms with Gasteiger partial charge in [-0.15, -0.1) is 0 Å². The zero-order chi connectivity index (χ0) is 19.1. The van der Waals surface area contributed by atoms with Gasteiger partial charge in [0.25, 0.3) is 0 Å². The predicted octanol–water partition coefficient (Wildman–Crippen LogP) is 7.40. The fourth-order valence-corrected chi connectivity index (χ4v) is 4.37. The molecule has 4 aromatic carbocycles. The van der Waals surface area contributed by atoms with Crippen molar-refractivity contribution in [3.05, 3.63) is 108 Å². The van der Waals surface area contributed by atoms with Crippen LogP contribution >= 0.6 is 0 Å². The summed E-state index contributed by atoms with van der Waals surface area (Å²) in [5.74, 6) is 0. The molecule has 0 atom stereocenters. The molecule has 1 heteroatoms. The second-order valence-corrected chi connectivity index (χ2v) is 8.00. The number of hydrogen-bond donors (Lipinski definition) is 1. The highest BCUT2D eigenvalue weighted by Gasteiger charge is 2.34. The summed E-state index contributed by atoms with van der Waals surface area (Å²) in [6.07, 6.45) is 0. The Morgan fingerprint density at radius 1 is 0.536 bits per heavy atom. The van der Waals surface area contributed by atoms with Crippen LogP contribution in [0.2, 0.25) is 0 Å². The molecule has 0 saturated carbocycles. The van der Waals surface area contributed by atoms with Gasteiger partial charge in [-0.05, 0) is 57.6 Å². The van der Waals surface area contributed by atoms with E-state index in [0.717, 1.165) is 11.4 Å². The topological polar surface area (TPSA) is 12.0 Å². The number of anilines is 2. The van der Waals surface area contributed by atoms with Crippen LogP contribution < -0.4 is 5.32 Å². The molecule has 0 aliphatic heterocycles. The lowest BCUT2D eigenvalue weighted by atomic mass is 9.82. The van der Waals surface area contributed by atoms with Crippen LogP contribution in [0.1, 0.15) is 25.0 Å². The largest absolute Gasteiger partial charge is 0.355 e. The van der Waals surface area contributed by atoms with Crippen LogP contribution in [0, 0.1) is 0 Å². The monoisotopic (exact) mass is 361 g/mol. The van der Waals surface area contributed by atoms with Crippen LogP contribution in [0.15, 0.2) is 97.1 Å². The molecule has 1 aliphatic rings. The summed E-state index contributed by atoms with van der Waals surface area (Å²) in [7, 11) is 0. The van der Waals surface area contributed by atoms with Gasteiger partial charge >= 0.3 is 0 Å². The molecular weight excluding hydrogens is 338 g/mol. The van der Waals surface area contributed by atoms with Crippen molar-refractivity contribution in [1.82, 2.24) is 0 Å². The molecule has 0 saturated heterocycles. The summed E-state index contributed by atoms with van der Waals surface area (Å²) in [4.78, 5) is 0. The van der Waals surface area contributed by atoms with Gasteiger partial charge in [0.15, 0.2) is 0 Å². The molecule has 136 valence electrons. The molecule has 1 N–H and O–H groups in total. The van der Waals surface area contributed by atoms with Gasteiger partial charge in [-0.2, -0.15) is 0 Å². The highest BCUT2D eigenvalue weighted by molar-refractivity contribution is 5.84. The molecule has 0 spiro atoms. The van der Waals surface area contributed by atoms with Crippen LogP contribution in [0.3, 0.4) is 0 Å². The van der Waals surface area contributed by atoms with Crippen molar-refractivity contribution in [2.75, 3.05) is 5.32 Å². The lowest BCUT2D eigenvalue weighted by molar-refractivity contribution is 0.660. The first kappa shape index (κ1) is 16.8. The van der Waals surface area contributed by atoms with E-state index in [9.17, 15) is 0 Å². The van der Waals surface area contributed by atoms with E-state index < -0.39 is 0 Å². The third kappa shape index (κ3) is 2.71. The van der Waals surface area contributed by atoms with Crippen molar-refractivity contribution in [3.63, 3.8) is 0 Å². The first-order valence-corrected chi connectivity index (χ1v) is 9.80. The highest BCUT2D eigenvalue weighted by Crippen LogP contribution is 2.49. The Labute approximate surface area is 166 Å². The van der Waals surface area contributed by atoms with Gasteiger partial charge in [-0.3, -0.25) is 0 Å². The van der Waals surface area contributed by atoms with E-state index in [1.165, 1.54) is 33.4 Å². The SMILES string of the molecule is CC1(C)c2ccccc2-c2cc(Nc3cccc(-c4ccccc4)c3)ccc21. The third-order valence-electron chi connectivity index (χ3n) is 5.84. The minimum absolute atomic E-state index is 0.0533.